The predicted molar refractivity (Wildman–Crippen MR) is 88.1 cm³/mol. The second-order valence-electron chi connectivity index (χ2n) is 6.14. The molecule has 0 radical (unpaired) electrons. The summed E-state index contributed by atoms with van der Waals surface area (Å²) in [6.45, 7) is 2.54. The quantitative estimate of drug-likeness (QED) is 0.733. The van der Waals surface area contributed by atoms with Gasteiger partial charge in [0.05, 0.1) is 6.61 Å². The summed E-state index contributed by atoms with van der Waals surface area (Å²) >= 11 is 3.33. The highest BCUT2D eigenvalue weighted by Crippen LogP contribution is 2.39. The molecule has 1 aromatic rings. The number of methoxy groups -OCH3 is 1. The second-order valence-corrected chi connectivity index (χ2v) is 7.06. The zero-order chi connectivity index (χ0) is 15.1. The van der Waals surface area contributed by atoms with Crippen LogP contribution >= 0.6 is 15.9 Å². The summed E-state index contributed by atoms with van der Waals surface area (Å²) in [6, 6.07) is 5.43. The van der Waals surface area contributed by atoms with Gasteiger partial charge in [0.2, 0.25) is 0 Å². The molecule has 0 aromatic heterocycles. The molecule has 0 unspecified atom stereocenters. The van der Waals surface area contributed by atoms with Crippen LogP contribution in [0.1, 0.15) is 37.7 Å². The Morgan fingerprint density at radius 3 is 2.71 bits per heavy atom. The average Bonchev–Trinajstić information content (AvgIpc) is 2.48. The van der Waals surface area contributed by atoms with Gasteiger partial charge in [0, 0.05) is 24.7 Å². The van der Waals surface area contributed by atoms with Gasteiger partial charge >= 0.3 is 0 Å². The molecular formula is C17H25BrFNO. The summed E-state index contributed by atoms with van der Waals surface area (Å²) in [5.74, 6) is -0.0915. The molecule has 0 heterocycles. The predicted octanol–water partition coefficient (Wildman–Crippen LogP) is 4.32. The summed E-state index contributed by atoms with van der Waals surface area (Å²) in [5.41, 5.74) is 1.04. The van der Waals surface area contributed by atoms with E-state index in [0.717, 1.165) is 36.2 Å². The van der Waals surface area contributed by atoms with E-state index in [9.17, 15) is 4.39 Å². The molecule has 1 saturated carbocycles. The van der Waals surface area contributed by atoms with Crippen LogP contribution in [0.2, 0.25) is 0 Å². The van der Waals surface area contributed by atoms with Crippen LogP contribution in [0.25, 0.3) is 0 Å². The number of ether oxygens (including phenoxy) is 1. The fourth-order valence-electron chi connectivity index (χ4n) is 3.31. The van der Waals surface area contributed by atoms with Gasteiger partial charge in [-0.05, 0) is 42.4 Å². The lowest BCUT2D eigenvalue weighted by atomic mass is 9.70. The first kappa shape index (κ1) is 16.9. The van der Waals surface area contributed by atoms with Gasteiger partial charge in [-0.1, -0.05) is 41.3 Å². The van der Waals surface area contributed by atoms with E-state index >= 15 is 0 Å². The Morgan fingerprint density at radius 2 is 2.05 bits per heavy atom. The van der Waals surface area contributed by atoms with Crippen molar-refractivity contribution in [3.8, 4) is 0 Å². The van der Waals surface area contributed by atoms with Crippen LogP contribution in [-0.4, -0.2) is 26.8 Å². The molecule has 21 heavy (non-hydrogen) atoms. The first-order valence-electron chi connectivity index (χ1n) is 7.79. The minimum Gasteiger partial charge on any atom is -0.383 e. The molecule has 0 spiro atoms. The van der Waals surface area contributed by atoms with E-state index < -0.39 is 0 Å². The summed E-state index contributed by atoms with van der Waals surface area (Å²) in [5, 5.41) is 3.49. The Kier molecular flexibility index (Phi) is 6.65. The zero-order valence-electron chi connectivity index (χ0n) is 12.8. The molecular weight excluding hydrogens is 333 g/mol. The molecule has 2 nitrogen and oxygen atoms in total. The number of benzene rings is 1. The van der Waals surface area contributed by atoms with Crippen LogP contribution in [0, 0.1) is 11.2 Å². The fourth-order valence-corrected chi connectivity index (χ4v) is 3.65. The van der Waals surface area contributed by atoms with Gasteiger partial charge < -0.3 is 10.1 Å². The average molecular weight is 358 g/mol. The van der Waals surface area contributed by atoms with E-state index in [1.807, 2.05) is 12.1 Å². The highest BCUT2D eigenvalue weighted by atomic mass is 79.9. The molecule has 0 amide bonds. The van der Waals surface area contributed by atoms with Gasteiger partial charge in [-0.3, -0.25) is 0 Å². The molecule has 4 heteroatoms. The Bertz CT molecular complexity index is 446. The summed E-state index contributed by atoms with van der Waals surface area (Å²) in [7, 11) is 1.72. The van der Waals surface area contributed by atoms with Crippen LogP contribution in [0.4, 0.5) is 4.39 Å². The smallest absolute Gasteiger partial charge is 0.127 e. The Hall–Kier alpha value is -0.450. The second kappa shape index (κ2) is 8.25. The van der Waals surface area contributed by atoms with Crippen molar-refractivity contribution in [3.63, 3.8) is 0 Å². The lowest BCUT2D eigenvalue weighted by Gasteiger charge is -2.38. The molecule has 2 rings (SSSR count). The number of halogens is 2. The maximum atomic E-state index is 14.1. The summed E-state index contributed by atoms with van der Waals surface area (Å²) < 4.78 is 20.0. The van der Waals surface area contributed by atoms with Gasteiger partial charge in [0.1, 0.15) is 5.82 Å². The normalized spacial score (nSPS) is 17.9. The van der Waals surface area contributed by atoms with Crippen LogP contribution < -0.4 is 5.32 Å². The topological polar surface area (TPSA) is 21.3 Å². The number of hydrogen-bond donors (Lipinski definition) is 1. The van der Waals surface area contributed by atoms with Gasteiger partial charge in [0.15, 0.2) is 0 Å². The zero-order valence-corrected chi connectivity index (χ0v) is 14.3. The van der Waals surface area contributed by atoms with E-state index in [0.29, 0.717) is 0 Å². The highest BCUT2D eigenvalue weighted by Gasteiger charge is 2.32. The third-order valence-electron chi connectivity index (χ3n) is 4.48. The van der Waals surface area contributed by atoms with E-state index in [-0.39, 0.29) is 11.2 Å². The SMILES string of the molecule is COCCNCC1(Cc2ccc(Br)cc2F)CCCCC1. The van der Waals surface area contributed by atoms with Crippen LogP contribution in [-0.2, 0) is 11.2 Å². The van der Waals surface area contributed by atoms with Crippen molar-refractivity contribution < 1.29 is 9.13 Å². The van der Waals surface area contributed by atoms with Gasteiger partial charge in [-0.15, -0.1) is 0 Å². The van der Waals surface area contributed by atoms with Crippen molar-refractivity contribution in [2.75, 3.05) is 26.8 Å². The van der Waals surface area contributed by atoms with Gasteiger partial charge in [0.25, 0.3) is 0 Å². The standard InChI is InChI=1S/C17H25BrFNO/c1-21-10-9-20-13-17(7-3-2-4-8-17)12-14-5-6-15(18)11-16(14)19/h5-6,11,20H,2-4,7-10,12-13H2,1H3. The third-order valence-corrected chi connectivity index (χ3v) is 4.97. The molecule has 1 aliphatic carbocycles. The van der Waals surface area contributed by atoms with Crippen molar-refractivity contribution >= 4 is 15.9 Å². The molecule has 1 fully saturated rings. The van der Waals surface area contributed by atoms with Crippen LogP contribution in [0.5, 0.6) is 0 Å². The Balaban J connectivity index is 2.04. The number of nitrogens with one attached hydrogen (secondary N) is 1. The first-order chi connectivity index (χ1) is 10.2. The fraction of sp³-hybridized carbons (Fsp3) is 0.647. The monoisotopic (exact) mass is 357 g/mol. The molecule has 1 N–H and O–H groups in total. The van der Waals surface area contributed by atoms with E-state index in [1.54, 1.807) is 13.2 Å². The lowest BCUT2D eigenvalue weighted by molar-refractivity contribution is 0.161. The number of hydrogen-bond acceptors (Lipinski definition) is 2. The molecule has 0 aliphatic heterocycles. The number of rotatable bonds is 7. The van der Waals surface area contributed by atoms with Gasteiger partial charge in [-0.25, -0.2) is 4.39 Å². The lowest BCUT2D eigenvalue weighted by Crippen LogP contribution is -2.39. The molecule has 0 atom stereocenters. The molecule has 0 saturated heterocycles. The Morgan fingerprint density at radius 1 is 1.29 bits per heavy atom. The van der Waals surface area contributed by atoms with Crippen molar-refractivity contribution in [1.29, 1.82) is 0 Å². The minimum atomic E-state index is -0.0915. The Labute approximate surface area is 135 Å². The van der Waals surface area contributed by atoms with Gasteiger partial charge in [-0.2, -0.15) is 0 Å². The largest absolute Gasteiger partial charge is 0.383 e. The third kappa shape index (κ3) is 5.04. The highest BCUT2D eigenvalue weighted by molar-refractivity contribution is 9.10. The van der Waals surface area contributed by atoms with Crippen molar-refractivity contribution in [2.24, 2.45) is 5.41 Å². The van der Waals surface area contributed by atoms with Crippen molar-refractivity contribution in [3.05, 3.63) is 34.1 Å². The van der Waals surface area contributed by atoms with Crippen LogP contribution in [0.3, 0.4) is 0 Å². The molecule has 118 valence electrons. The van der Waals surface area contributed by atoms with E-state index in [2.05, 4.69) is 21.2 Å². The van der Waals surface area contributed by atoms with Crippen molar-refractivity contribution in [2.45, 2.75) is 38.5 Å². The van der Waals surface area contributed by atoms with Crippen LogP contribution in [0.15, 0.2) is 22.7 Å². The summed E-state index contributed by atoms with van der Waals surface area (Å²) in [4.78, 5) is 0. The minimum absolute atomic E-state index is 0.0915. The molecule has 1 aliphatic rings. The maximum Gasteiger partial charge on any atom is 0.127 e. The molecule has 0 bridgehead atoms. The first-order valence-corrected chi connectivity index (χ1v) is 8.58. The van der Waals surface area contributed by atoms with E-state index in [1.165, 1.54) is 32.1 Å². The molecule has 1 aromatic carbocycles. The van der Waals surface area contributed by atoms with Crippen molar-refractivity contribution in [1.82, 2.24) is 5.32 Å². The van der Waals surface area contributed by atoms with E-state index in [4.69, 9.17) is 4.74 Å². The maximum absolute atomic E-state index is 14.1. The summed E-state index contributed by atoms with van der Waals surface area (Å²) in [6.07, 6.45) is 7.01.